The number of nitrogens with two attached hydrogens (primary N) is 1. The maximum Gasteiger partial charge on any atom is 0.221 e. The molecule has 5 nitrogen and oxygen atoms in total. The van der Waals surface area contributed by atoms with Crippen molar-refractivity contribution < 1.29 is 4.79 Å². The van der Waals surface area contributed by atoms with Gasteiger partial charge < -0.3 is 16.4 Å². The van der Waals surface area contributed by atoms with Gasteiger partial charge in [-0.15, -0.1) is 0 Å². The molecule has 0 spiro atoms. The van der Waals surface area contributed by atoms with Gasteiger partial charge in [0.15, 0.2) is 0 Å². The third-order valence-electron chi connectivity index (χ3n) is 1.99. The van der Waals surface area contributed by atoms with E-state index in [2.05, 4.69) is 15.6 Å². The van der Waals surface area contributed by atoms with Crippen LogP contribution in [-0.2, 0) is 4.79 Å². The summed E-state index contributed by atoms with van der Waals surface area (Å²) in [5.74, 6) is -0.0201. The summed E-state index contributed by atoms with van der Waals surface area (Å²) in [4.78, 5) is 15.3. The molecule has 0 unspecified atom stereocenters. The van der Waals surface area contributed by atoms with Crippen molar-refractivity contribution in [1.82, 2.24) is 10.3 Å². The van der Waals surface area contributed by atoms with E-state index in [1.807, 2.05) is 6.07 Å². The Morgan fingerprint density at radius 3 is 3.00 bits per heavy atom. The predicted octanol–water partition coefficient (Wildman–Crippen LogP) is 0.264. The van der Waals surface area contributed by atoms with Crippen LogP contribution in [-0.4, -0.2) is 29.5 Å². The summed E-state index contributed by atoms with van der Waals surface area (Å²) in [6.07, 6.45) is 2.01. The molecule has 0 aromatic carbocycles. The number of amides is 1. The number of aromatic nitrogens is 1. The highest BCUT2D eigenvalue weighted by Crippen LogP contribution is 2.11. The Balaban J connectivity index is 2.60. The van der Waals surface area contributed by atoms with E-state index in [9.17, 15) is 4.79 Å². The van der Waals surface area contributed by atoms with Crippen LogP contribution in [0, 0.1) is 0 Å². The minimum atomic E-state index is -0.0201. The van der Waals surface area contributed by atoms with Crippen molar-refractivity contribution in [1.29, 1.82) is 0 Å². The third kappa shape index (κ3) is 3.47. The maximum atomic E-state index is 11.0. The molecule has 0 saturated carbocycles. The summed E-state index contributed by atoms with van der Waals surface area (Å²) in [7, 11) is 1.60. The molecule has 1 aromatic rings. The Morgan fingerprint density at radius 1 is 1.62 bits per heavy atom. The number of rotatable bonds is 5. The van der Waals surface area contributed by atoms with Crippen molar-refractivity contribution in [3.05, 3.63) is 24.0 Å². The number of nitrogens with zero attached hydrogens (tertiary/aromatic N) is 1. The van der Waals surface area contributed by atoms with Crippen LogP contribution in [0.15, 0.2) is 18.3 Å². The van der Waals surface area contributed by atoms with Crippen LogP contribution in [0.1, 0.15) is 12.1 Å². The van der Waals surface area contributed by atoms with Crippen molar-refractivity contribution in [3.63, 3.8) is 0 Å². The standard InChI is InChI=1S/C10H14N4OS/c1-12-8(15)4-6-13-7-3-2-5-14-9(7)10(11)16/h2-3,5,13H,4,6H2,1H3,(H2,11,16)(H,12,15). The van der Waals surface area contributed by atoms with Gasteiger partial charge in [0.05, 0.1) is 5.69 Å². The second-order valence-corrected chi connectivity index (χ2v) is 3.55. The molecule has 0 atom stereocenters. The van der Waals surface area contributed by atoms with E-state index >= 15 is 0 Å². The highest BCUT2D eigenvalue weighted by atomic mass is 32.1. The molecule has 1 rings (SSSR count). The van der Waals surface area contributed by atoms with E-state index in [0.717, 1.165) is 5.69 Å². The van der Waals surface area contributed by atoms with Gasteiger partial charge in [0.2, 0.25) is 5.91 Å². The van der Waals surface area contributed by atoms with Crippen molar-refractivity contribution in [3.8, 4) is 0 Å². The smallest absolute Gasteiger partial charge is 0.221 e. The third-order valence-corrected chi connectivity index (χ3v) is 2.18. The first kappa shape index (κ1) is 12.4. The topological polar surface area (TPSA) is 80.0 Å². The zero-order valence-electron chi connectivity index (χ0n) is 8.99. The molecule has 0 saturated heterocycles. The minimum absolute atomic E-state index is 0.0201. The fourth-order valence-corrected chi connectivity index (χ4v) is 1.34. The molecule has 6 heteroatoms. The van der Waals surface area contributed by atoms with Crippen molar-refractivity contribution in [2.45, 2.75) is 6.42 Å². The monoisotopic (exact) mass is 238 g/mol. The van der Waals surface area contributed by atoms with E-state index < -0.39 is 0 Å². The average molecular weight is 238 g/mol. The molecule has 0 fully saturated rings. The quantitative estimate of drug-likeness (QED) is 0.641. The Kier molecular flexibility index (Phi) is 4.65. The van der Waals surface area contributed by atoms with E-state index in [-0.39, 0.29) is 10.9 Å². The van der Waals surface area contributed by atoms with Crippen molar-refractivity contribution >= 4 is 28.8 Å². The van der Waals surface area contributed by atoms with Crippen LogP contribution >= 0.6 is 12.2 Å². The SMILES string of the molecule is CNC(=O)CCNc1cccnc1C(N)=S. The molecular formula is C10H14N4OS. The Morgan fingerprint density at radius 2 is 2.38 bits per heavy atom. The molecule has 0 aliphatic heterocycles. The van der Waals surface area contributed by atoms with Crippen LogP contribution in [0.3, 0.4) is 0 Å². The first-order valence-electron chi connectivity index (χ1n) is 4.84. The number of hydrogen-bond acceptors (Lipinski definition) is 4. The molecular weight excluding hydrogens is 224 g/mol. The van der Waals surface area contributed by atoms with Crippen molar-refractivity contribution in [2.75, 3.05) is 18.9 Å². The van der Waals surface area contributed by atoms with E-state index in [4.69, 9.17) is 18.0 Å². The largest absolute Gasteiger partial charge is 0.388 e. The van der Waals surface area contributed by atoms with E-state index in [0.29, 0.717) is 18.7 Å². The Labute approximate surface area is 99.4 Å². The zero-order valence-corrected chi connectivity index (χ0v) is 9.80. The normalized spacial score (nSPS) is 9.56. The number of pyridine rings is 1. The highest BCUT2D eigenvalue weighted by molar-refractivity contribution is 7.80. The van der Waals surface area contributed by atoms with Gasteiger partial charge in [-0.25, -0.2) is 0 Å². The van der Waals surface area contributed by atoms with Crippen LogP contribution in [0.2, 0.25) is 0 Å². The summed E-state index contributed by atoms with van der Waals surface area (Å²) in [6, 6.07) is 3.61. The summed E-state index contributed by atoms with van der Waals surface area (Å²) in [5.41, 5.74) is 6.82. The molecule has 0 radical (unpaired) electrons. The first-order chi connectivity index (χ1) is 7.65. The molecule has 1 amide bonds. The molecule has 0 aliphatic carbocycles. The molecule has 4 N–H and O–H groups in total. The van der Waals surface area contributed by atoms with E-state index in [1.165, 1.54) is 0 Å². The fourth-order valence-electron chi connectivity index (χ4n) is 1.18. The van der Waals surface area contributed by atoms with E-state index in [1.54, 1.807) is 19.3 Å². The molecule has 16 heavy (non-hydrogen) atoms. The van der Waals surface area contributed by atoms with Gasteiger partial charge in [0.25, 0.3) is 0 Å². The molecule has 1 heterocycles. The lowest BCUT2D eigenvalue weighted by Crippen LogP contribution is -2.22. The lowest BCUT2D eigenvalue weighted by Gasteiger charge is -2.09. The lowest BCUT2D eigenvalue weighted by atomic mass is 10.3. The predicted molar refractivity (Wildman–Crippen MR) is 67.3 cm³/mol. The molecule has 0 aliphatic rings. The molecule has 1 aromatic heterocycles. The molecule has 0 bridgehead atoms. The van der Waals surface area contributed by atoms with Crippen LogP contribution in [0.5, 0.6) is 0 Å². The second-order valence-electron chi connectivity index (χ2n) is 3.11. The summed E-state index contributed by atoms with van der Waals surface area (Å²) in [6.45, 7) is 0.515. The van der Waals surface area contributed by atoms with Crippen LogP contribution < -0.4 is 16.4 Å². The number of hydrogen-bond donors (Lipinski definition) is 3. The van der Waals surface area contributed by atoms with Gasteiger partial charge in [-0.2, -0.15) is 0 Å². The van der Waals surface area contributed by atoms with Gasteiger partial charge in [-0.3, -0.25) is 9.78 Å². The summed E-state index contributed by atoms with van der Waals surface area (Å²) in [5, 5.41) is 5.61. The second kappa shape index (κ2) is 6.02. The summed E-state index contributed by atoms with van der Waals surface area (Å²) < 4.78 is 0. The number of carbonyl (C=O) groups excluding carboxylic acids is 1. The summed E-state index contributed by atoms with van der Waals surface area (Å²) >= 11 is 4.87. The van der Waals surface area contributed by atoms with Crippen LogP contribution in [0.25, 0.3) is 0 Å². The first-order valence-corrected chi connectivity index (χ1v) is 5.25. The maximum absolute atomic E-state index is 11.0. The van der Waals surface area contributed by atoms with Gasteiger partial charge in [0.1, 0.15) is 10.7 Å². The van der Waals surface area contributed by atoms with Crippen molar-refractivity contribution in [2.24, 2.45) is 5.73 Å². The number of thiocarbonyl (C=S) groups is 1. The number of nitrogens with one attached hydrogen (secondary N) is 2. The van der Waals surface area contributed by atoms with Crippen LogP contribution in [0.4, 0.5) is 5.69 Å². The number of carbonyl (C=O) groups is 1. The zero-order chi connectivity index (χ0) is 12.0. The Hall–Kier alpha value is -1.69. The Bertz CT molecular complexity index is 394. The average Bonchev–Trinajstić information content (AvgIpc) is 2.29. The lowest BCUT2D eigenvalue weighted by molar-refractivity contribution is -0.120. The van der Waals surface area contributed by atoms with Gasteiger partial charge >= 0.3 is 0 Å². The van der Waals surface area contributed by atoms with Gasteiger partial charge in [-0.05, 0) is 12.1 Å². The van der Waals surface area contributed by atoms with Gasteiger partial charge in [0, 0.05) is 26.2 Å². The minimum Gasteiger partial charge on any atom is -0.388 e. The number of anilines is 1. The highest BCUT2D eigenvalue weighted by Gasteiger charge is 2.05. The van der Waals surface area contributed by atoms with Gasteiger partial charge in [-0.1, -0.05) is 12.2 Å². The molecule has 86 valence electrons. The fraction of sp³-hybridized carbons (Fsp3) is 0.300.